The van der Waals surface area contributed by atoms with Gasteiger partial charge in [0.2, 0.25) is 15.9 Å². The first-order chi connectivity index (χ1) is 15.3. The molecule has 7 nitrogen and oxygen atoms in total. The summed E-state index contributed by atoms with van der Waals surface area (Å²) in [5.74, 6) is -1.68. The van der Waals surface area contributed by atoms with Crippen molar-refractivity contribution in [1.29, 1.82) is 0 Å². The fourth-order valence-corrected chi connectivity index (χ4v) is 5.15. The summed E-state index contributed by atoms with van der Waals surface area (Å²) >= 11 is 0. The zero-order valence-corrected chi connectivity index (χ0v) is 18.8. The Morgan fingerprint density at radius 2 is 1.84 bits per heavy atom. The minimum Gasteiger partial charge on any atom is -0.352 e. The van der Waals surface area contributed by atoms with Crippen LogP contribution in [0.5, 0.6) is 0 Å². The van der Waals surface area contributed by atoms with Crippen LogP contribution in [0.3, 0.4) is 0 Å². The molecule has 32 heavy (non-hydrogen) atoms. The number of halogens is 1. The minimum atomic E-state index is -3.83. The summed E-state index contributed by atoms with van der Waals surface area (Å²) in [6, 6.07) is 11.4. The maximum absolute atomic E-state index is 13.2. The second-order valence-corrected chi connectivity index (χ2v) is 9.74. The highest BCUT2D eigenvalue weighted by Gasteiger charge is 2.33. The quantitative estimate of drug-likeness (QED) is 0.589. The first-order valence-corrected chi connectivity index (χ1v) is 12.2. The fourth-order valence-electron chi connectivity index (χ4n) is 3.63. The van der Waals surface area contributed by atoms with Crippen molar-refractivity contribution in [3.05, 3.63) is 59.9 Å². The lowest BCUT2D eigenvalue weighted by molar-refractivity contribution is -0.120. The molecule has 0 bridgehead atoms. The Kier molecular flexibility index (Phi) is 7.98. The molecule has 3 rings (SSSR count). The minimum absolute atomic E-state index is 0.00551. The molecular weight excluding hydrogens is 433 g/mol. The third-order valence-electron chi connectivity index (χ3n) is 5.45. The van der Waals surface area contributed by atoms with E-state index in [1.165, 1.54) is 16.4 Å². The Balaban J connectivity index is 1.70. The fraction of sp³-hybridized carbons (Fsp3) is 0.391. The van der Waals surface area contributed by atoms with E-state index in [-0.39, 0.29) is 23.3 Å². The number of benzene rings is 2. The zero-order valence-electron chi connectivity index (χ0n) is 18.0. The van der Waals surface area contributed by atoms with E-state index in [1.54, 1.807) is 24.3 Å². The van der Waals surface area contributed by atoms with Gasteiger partial charge in [0.25, 0.3) is 5.91 Å². The van der Waals surface area contributed by atoms with Gasteiger partial charge in [-0.25, -0.2) is 12.8 Å². The summed E-state index contributed by atoms with van der Waals surface area (Å²) in [6.45, 7) is 2.90. The van der Waals surface area contributed by atoms with E-state index in [0.717, 1.165) is 25.0 Å². The van der Waals surface area contributed by atoms with E-state index >= 15 is 0 Å². The van der Waals surface area contributed by atoms with E-state index < -0.39 is 21.8 Å². The van der Waals surface area contributed by atoms with Crippen LogP contribution in [0.4, 0.5) is 10.1 Å². The molecule has 0 aromatic heterocycles. The van der Waals surface area contributed by atoms with Crippen LogP contribution in [0.2, 0.25) is 0 Å². The number of sulfonamides is 1. The molecule has 2 aromatic rings. The zero-order chi connectivity index (χ0) is 23.1. The van der Waals surface area contributed by atoms with Crippen LogP contribution in [0.1, 0.15) is 43.0 Å². The average molecular weight is 462 g/mol. The first-order valence-electron chi connectivity index (χ1n) is 10.8. The number of nitrogens with one attached hydrogen (secondary N) is 2. The molecule has 1 atom stereocenters. The Bertz CT molecular complexity index is 1060. The molecule has 172 valence electrons. The highest BCUT2D eigenvalue weighted by molar-refractivity contribution is 7.89. The lowest BCUT2D eigenvalue weighted by atomic mass is 9.98. The molecule has 1 aliphatic heterocycles. The van der Waals surface area contributed by atoms with Gasteiger partial charge < -0.3 is 10.6 Å². The Morgan fingerprint density at radius 3 is 2.56 bits per heavy atom. The molecule has 0 aliphatic carbocycles. The summed E-state index contributed by atoms with van der Waals surface area (Å²) in [4.78, 5) is 25.4. The molecule has 1 saturated heterocycles. The summed E-state index contributed by atoms with van der Waals surface area (Å²) in [7, 11) is -3.83. The van der Waals surface area contributed by atoms with Crippen molar-refractivity contribution in [2.24, 2.45) is 5.92 Å². The number of para-hydroxylation sites is 1. The summed E-state index contributed by atoms with van der Waals surface area (Å²) in [5.41, 5.74) is 0.758. The van der Waals surface area contributed by atoms with Gasteiger partial charge in [-0.15, -0.1) is 0 Å². The van der Waals surface area contributed by atoms with Crippen LogP contribution < -0.4 is 10.6 Å². The van der Waals surface area contributed by atoms with Crippen molar-refractivity contribution in [3.8, 4) is 0 Å². The van der Waals surface area contributed by atoms with Crippen LogP contribution in [-0.2, 0) is 14.8 Å². The Morgan fingerprint density at radius 1 is 1.12 bits per heavy atom. The summed E-state index contributed by atoms with van der Waals surface area (Å²) < 4.78 is 40.3. The largest absolute Gasteiger partial charge is 0.352 e. The van der Waals surface area contributed by atoms with Crippen molar-refractivity contribution in [2.75, 3.05) is 25.0 Å². The Labute approximate surface area is 188 Å². The Hall–Kier alpha value is -2.78. The van der Waals surface area contributed by atoms with Crippen LogP contribution in [-0.4, -0.2) is 44.2 Å². The van der Waals surface area contributed by atoms with Gasteiger partial charge in [-0.1, -0.05) is 25.5 Å². The second-order valence-electron chi connectivity index (χ2n) is 7.80. The second kappa shape index (κ2) is 10.7. The number of rotatable bonds is 8. The SMILES string of the molecule is CCCCNC(=O)c1ccccc1NC(=O)[C@@H]1CCCN(S(=O)(=O)c2ccc(F)cc2)C1. The van der Waals surface area contributed by atoms with Crippen molar-refractivity contribution >= 4 is 27.5 Å². The monoisotopic (exact) mass is 461 g/mol. The number of carbonyl (C=O) groups excluding carboxylic acids is 2. The number of anilines is 1. The van der Waals surface area contributed by atoms with E-state index in [4.69, 9.17) is 0 Å². The summed E-state index contributed by atoms with van der Waals surface area (Å²) in [5, 5.41) is 5.64. The number of nitrogens with zero attached hydrogens (tertiary/aromatic N) is 1. The summed E-state index contributed by atoms with van der Waals surface area (Å²) in [6.07, 6.45) is 2.88. The number of carbonyl (C=O) groups is 2. The van der Waals surface area contributed by atoms with Crippen molar-refractivity contribution in [2.45, 2.75) is 37.5 Å². The van der Waals surface area contributed by atoms with Gasteiger partial charge >= 0.3 is 0 Å². The van der Waals surface area contributed by atoms with E-state index in [2.05, 4.69) is 10.6 Å². The molecule has 9 heteroatoms. The van der Waals surface area contributed by atoms with Crippen LogP contribution in [0.15, 0.2) is 53.4 Å². The van der Waals surface area contributed by atoms with Crippen molar-refractivity contribution < 1.29 is 22.4 Å². The number of hydrogen-bond acceptors (Lipinski definition) is 4. The van der Waals surface area contributed by atoms with Gasteiger partial charge in [0, 0.05) is 19.6 Å². The molecule has 1 aliphatic rings. The van der Waals surface area contributed by atoms with Gasteiger partial charge in [-0.05, 0) is 55.7 Å². The van der Waals surface area contributed by atoms with Crippen molar-refractivity contribution in [1.82, 2.24) is 9.62 Å². The van der Waals surface area contributed by atoms with Gasteiger partial charge in [0.15, 0.2) is 0 Å². The molecule has 0 radical (unpaired) electrons. The molecule has 0 spiro atoms. The molecule has 0 saturated carbocycles. The maximum Gasteiger partial charge on any atom is 0.253 e. The molecule has 2 amide bonds. The highest BCUT2D eigenvalue weighted by Crippen LogP contribution is 2.25. The van der Waals surface area contributed by atoms with Gasteiger partial charge in [-0.2, -0.15) is 4.31 Å². The third kappa shape index (κ3) is 5.72. The molecule has 2 N–H and O–H groups in total. The topological polar surface area (TPSA) is 95.6 Å². The predicted molar refractivity (Wildman–Crippen MR) is 120 cm³/mol. The lowest BCUT2D eigenvalue weighted by Gasteiger charge is -2.31. The first kappa shape index (κ1) is 23.9. The predicted octanol–water partition coefficient (Wildman–Crippen LogP) is 3.40. The van der Waals surface area contributed by atoms with Crippen molar-refractivity contribution in [3.63, 3.8) is 0 Å². The van der Waals surface area contributed by atoms with E-state index in [0.29, 0.717) is 37.2 Å². The molecule has 2 aromatic carbocycles. The third-order valence-corrected chi connectivity index (χ3v) is 7.33. The van der Waals surface area contributed by atoms with Gasteiger partial charge in [0.05, 0.1) is 22.1 Å². The normalized spacial score (nSPS) is 17.0. The number of hydrogen-bond donors (Lipinski definition) is 2. The number of unbranched alkanes of at least 4 members (excludes halogenated alkanes) is 1. The number of amides is 2. The maximum atomic E-state index is 13.2. The molecule has 1 heterocycles. The van der Waals surface area contributed by atoms with E-state index in [9.17, 15) is 22.4 Å². The lowest BCUT2D eigenvalue weighted by Crippen LogP contribution is -2.43. The average Bonchev–Trinajstić information content (AvgIpc) is 2.80. The van der Waals surface area contributed by atoms with Crippen LogP contribution in [0, 0.1) is 11.7 Å². The van der Waals surface area contributed by atoms with Crippen LogP contribution in [0.25, 0.3) is 0 Å². The van der Waals surface area contributed by atoms with E-state index in [1.807, 2.05) is 6.92 Å². The smallest absolute Gasteiger partial charge is 0.253 e. The standard InChI is InChI=1S/C23H28FN3O4S/c1-2-3-14-25-23(29)20-8-4-5-9-21(20)26-22(28)17-7-6-15-27(16-17)32(30,31)19-12-10-18(24)11-13-19/h4-5,8-13,17H,2-3,6-7,14-16H2,1H3,(H,25,29)(H,26,28)/t17-/m1/s1. The highest BCUT2D eigenvalue weighted by atomic mass is 32.2. The van der Waals surface area contributed by atoms with Gasteiger partial charge in [0.1, 0.15) is 5.82 Å². The van der Waals surface area contributed by atoms with Crippen LogP contribution >= 0.6 is 0 Å². The molecule has 0 unspecified atom stereocenters. The van der Waals surface area contributed by atoms with Gasteiger partial charge in [-0.3, -0.25) is 9.59 Å². The number of piperidine rings is 1. The molecule has 1 fully saturated rings. The molecular formula is C23H28FN3O4S.